The standard InChI is InChI=1S/C11H17FN2/c1-13(2)8-9-14(3)11-7-5-4-6-10(11)12/h4-7H,8-9H2,1-3H3. The van der Waals surface area contributed by atoms with Crippen molar-refractivity contribution in [3.63, 3.8) is 0 Å². The van der Waals surface area contributed by atoms with Crippen LogP contribution in [0.3, 0.4) is 0 Å². The molecule has 0 N–H and O–H groups in total. The van der Waals surface area contributed by atoms with E-state index in [2.05, 4.69) is 4.90 Å². The first-order valence-electron chi connectivity index (χ1n) is 4.71. The third kappa shape index (κ3) is 3.00. The molecule has 14 heavy (non-hydrogen) atoms. The predicted octanol–water partition coefficient (Wildman–Crippen LogP) is 1.82. The van der Waals surface area contributed by atoms with Crippen LogP contribution < -0.4 is 4.90 Å². The van der Waals surface area contributed by atoms with E-state index >= 15 is 0 Å². The van der Waals surface area contributed by atoms with Gasteiger partial charge in [0.2, 0.25) is 0 Å². The summed E-state index contributed by atoms with van der Waals surface area (Å²) < 4.78 is 13.3. The molecule has 0 saturated carbocycles. The highest BCUT2D eigenvalue weighted by atomic mass is 19.1. The van der Waals surface area contributed by atoms with Gasteiger partial charge in [-0.3, -0.25) is 0 Å². The molecule has 0 aliphatic heterocycles. The highest BCUT2D eigenvalue weighted by Crippen LogP contribution is 2.16. The van der Waals surface area contributed by atoms with Crippen LogP contribution in [0.15, 0.2) is 24.3 Å². The Balaban J connectivity index is 2.60. The third-order valence-electron chi connectivity index (χ3n) is 2.15. The third-order valence-corrected chi connectivity index (χ3v) is 2.15. The van der Waals surface area contributed by atoms with Crippen molar-refractivity contribution in [2.45, 2.75) is 0 Å². The van der Waals surface area contributed by atoms with E-state index < -0.39 is 0 Å². The molecule has 0 heterocycles. The highest BCUT2D eigenvalue weighted by molar-refractivity contribution is 5.46. The van der Waals surface area contributed by atoms with Gasteiger partial charge in [-0.2, -0.15) is 0 Å². The number of para-hydroxylation sites is 1. The molecule has 0 saturated heterocycles. The molecule has 0 aliphatic carbocycles. The van der Waals surface area contributed by atoms with Crippen molar-refractivity contribution in [2.75, 3.05) is 39.1 Å². The quantitative estimate of drug-likeness (QED) is 0.725. The molecule has 78 valence electrons. The van der Waals surface area contributed by atoms with Gasteiger partial charge in [-0.25, -0.2) is 4.39 Å². The molecule has 0 radical (unpaired) electrons. The summed E-state index contributed by atoms with van der Waals surface area (Å²) in [5, 5.41) is 0. The summed E-state index contributed by atoms with van der Waals surface area (Å²) in [7, 11) is 5.92. The van der Waals surface area contributed by atoms with Crippen molar-refractivity contribution < 1.29 is 4.39 Å². The molecule has 2 nitrogen and oxygen atoms in total. The number of rotatable bonds is 4. The second-order valence-electron chi connectivity index (χ2n) is 3.68. The van der Waals surface area contributed by atoms with Crippen LogP contribution in [0.2, 0.25) is 0 Å². The summed E-state index contributed by atoms with van der Waals surface area (Å²) in [6, 6.07) is 6.84. The number of hydrogen-bond donors (Lipinski definition) is 0. The average molecular weight is 196 g/mol. The maximum atomic E-state index is 13.3. The van der Waals surface area contributed by atoms with Gasteiger partial charge in [0.25, 0.3) is 0 Å². The zero-order valence-electron chi connectivity index (χ0n) is 9.00. The summed E-state index contributed by atoms with van der Waals surface area (Å²) in [6.45, 7) is 1.75. The lowest BCUT2D eigenvalue weighted by Crippen LogP contribution is -2.28. The Morgan fingerprint density at radius 1 is 1.07 bits per heavy atom. The van der Waals surface area contributed by atoms with Gasteiger partial charge in [0, 0.05) is 20.1 Å². The normalized spacial score (nSPS) is 10.6. The van der Waals surface area contributed by atoms with Crippen molar-refractivity contribution in [1.29, 1.82) is 0 Å². The Morgan fingerprint density at radius 2 is 1.71 bits per heavy atom. The van der Waals surface area contributed by atoms with E-state index in [-0.39, 0.29) is 5.82 Å². The summed E-state index contributed by atoms with van der Waals surface area (Å²) in [5.74, 6) is -0.159. The van der Waals surface area contributed by atoms with Crippen LogP contribution >= 0.6 is 0 Å². The lowest BCUT2D eigenvalue weighted by Gasteiger charge is -2.21. The van der Waals surface area contributed by atoms with Crippen molar-refractivity contribution in [1.82, 2.24) is 4.90 Å². The van der Waals surface area contributed by atoms with Gasteiger partial charge < -0.3 is 9.80 Å². The second kappa shape index (κ2) is 4.96. The van der Waals surface area contributed by atoms with E-state index in [1.54, 1.807) is 12.1 Å². The van der Waals surface area contributed by atoms with Gasteiger partial charge in [0.05, 0.1) is 5.69 Å². The van der Waals surface area contributed by atoms with Gasteiger partial charge in [-0.05, 0) is 26.2 Å². The topological polar surface area (TPSA) is 6.48 Å². The fourth-order valence-electron chi connectivity index (χ4n) is 1.23. The number of anilines is 1. The van der Waals surface area contributed by atoms with Crippen LogP contribution in [0, 0.1) is 5.82 Å². The molecule has 0 atom stereocenters. The zero-order valence-corrected chi connectivity index (χ0v) is 9.00. The Hall–Kier alpha value is -1.09. The molecule has 0 bridgehead atoms. The Labute approximate surface area is 84.9 Å². The smallest absolute Gasteiger partial charge is 0.146 e. The minimum Gasteiger partial charge on any atom is -0.371 e. The number of hydrogen-bond acceptors (Lipinski definition) is 2. The van der Waals surface area contributed by atoms with Gasteiger partial charge >= 0.3 is 0 Å². The summed E-state index contributed by atoms with van der Waals surface area (Å²) >= 11 is 0. The lowest BCUT2D eigenvalue weighted by atomic mass is 10.3. The second-order valence-corrected chi connectivity index (χ2v) is 3.68. The molecule has 0 spiro atoms. The maximum absolute atomic E-state index is 13.3. The van der Waals surface area contributed by atoms with Crippen LogP contribution in [0.1, 0.15) is 0 Å². The minimum atomic E-state index is -0.159. The van der Waals surface area contributed by atoms with E-state index in [9.17, 15) is 4.39 Å². The number of likely N-dealkylation sites (N-methyl/N-ethyl adjacent to an activating group) is 2. The average Bonchev–Trinajstić information content (AvgIpc) is 2.15. The first kappa shape index (κ1) is 11.0. The molecule has 1 rings (SSSR count). The van der Waals surface area contributed by atoms with Crippen LogP contribution in [0.25, 0.3) is 0 Å². The molecule has 0 amide bonds. The van der Waals surface area contributed by atoms with Crippen molar-refractivity contribution >= 4 is 5.69 Å². The number of halogens is 1. The van der Waals surface area contributed by atoms with E-state index in [0.717, 1.165) is 13.1 Å². The van der Waals surface area contributed by atoms with Crippen LogP contribution in [-0.4, -0.2) is 39.1 Å². The molecular weight excluding hydrogens is 179 g/mol. The maximum Gasteiger partial charge on any atom is 0.146 e. The Bertz CT molecular complexity index is 286. The van der Waals surface area contributed by atoms with E-state index in [1.807, 2.05) is 32.1 Å². The van der Waals surface area contributed by atoms with Gasteiger partial charge in [0.1, 0.15) is 5.82 Å². The minimum absolute atomic E-state index is 0.159. The zero-order chi connectivity index (χ0) is 10.6. The molecule has 0 aromatic heterocycles. The largest absolute Gasteiger partial charge is 0.371 e. The highest BCUT2D eigenvalue weighted by Gasteiger charge is 2.05. The van der Waals surface area contributed by atoms with Crippen LogP contribution in [-0.2, 0) is 0 Å². The SMILES string of the molecule is CN(C)CCN(C)c1ccccc1F. The fourth-order valence-corrected chi connectivity index (χ4v) is 1.23. The monoisotopic (exact) mass is 196 g/mol. The van der Waals surface area contributed by atoms with E-state index in [0.29, 0.717) is 5.69 Å². The van der Waals surface area contributed by atoms with Gasteiger partial charge in [0.15, 0.2) is 0 Å². The first-order chi connectivity index (χ1) is 6.61. The molecule has 3 heteroatoms. The van der Waals surface area contributed by atoms with E-state index in [1.165, 1.54) is 6.07 Å². The van der Waals surface area contributed by atoms with Gasteiger partial charge in [-0.1, -0.05) is 12.1 Å². The summed E-state index contributed by atoms with van der Waals surface area (Å²) in [4.78, 5) is 4.01. The molecule has 0 aliphatic rings. The van der Waals surface area contributed by atoms with Crippen LogP contribution in [0.5, 0.6) is 0 Å². The molecular formula is C11H17FN2. The molecule has 1 aromatic carbocycles. The van der Waals surface area contributed by atoms with Crippen LogP contribution in [0.4, 0.5) is 10.1 Å². The van der Waals surface area contributed by atoms with Crippen molar-refractivity contribution in [3.05, 3.63) is 30.1 Å². The first-order valence-corrected chi connectivity index (χ1v) is 4.71. The van der Waals surface area contributed by atoms with E-state index in [4.69, 9.17) is 0 Å². The Morgan fingerprint density at radius 3 is 2.29 bits per heavy atom. The van der Waals surface area contributed by atoms with Crippen molar-refractivity contribution in [3.8, 4) is 0 Å². The number of nitrogens with zero attached hydrogens (tertiary/aromatic N) is 2. The lowest BCUT2D eigenvalue weighted by molar-refractivity contribution is 0.416. The molecule has 0 unspecified atom stereocenters. The van der Waals surface area contributed by atoms with Crippen molar-refractivity contribution in [2.24, 2.45) is 0 Å². The predicted molar refractivity (Wildman–Crippen MR) is 58.2 cm³/mol. The number of benzene rings is 1. The Kier molecular flexibility index (Phi) is 3.89. The fraction of sp³-hybridized carbons (Fsp3) is 0.455. The summed E-state index contributed by atoms with van der Waals surface area (Å²) in [5.41, 5.74) is 0.661. The molecule has 0 fully saturated rings. The van der Waals surface area contributed by atoms with Gasteiger partial charge in [-0.15, -0.1) is 0 Å². The molecule has 1 aromatic rings. The summed E-state index contributed by atoms with van der Waals surface area (Å²) in [6.07, 6.45) is 0.